The van der Waals surface area contributed by atoms with Crippen LogP contribution < -0.4 is 10.6 Å². The molecule has 96 valence electrons. The Balaban J connectivity index is 2.28. The molecule has 1 unspecified atom stereocenters. The van der Waals surface area contributed by atoms with E-state index in [1.807, 2.05) is 0 Å². The fraction of sp³-hybridized carbons (Fsp3) is 0.154. The molecule has 0 fully saturated rings. The topological polar surface area (TPSA) is 55.5 Å². The van der Waals surface area contributed by atoms with Crippen molar-refractivity contribution in [1.29, 1.82) is 0 Å². The lowest BCUT2D eigenvalue weighted by molar-refractivity contribution is -0.386. The fourth-order valence-electron chi connectivity index (χ4n) is 2.27. The van der Waals surface area contributed by atoms with Crippen LogP contribution in [0.4, 0.5) is 14.5 Å². The summed E-state index contributed by atoms with van der Waals surface area (Å²) in [5, 5.41) is 11.9. The Bertz CT molecular complexity index is 750. The van der Waals surface area contributed by atoms with Gasteiger partial charge in [0, 0.05) is 11.6 Å². The molecule has 0 spiro atoms. The maximum absolute atomic E-state index is 12.7. The molecule has 0 saturated carbocycles. The Morgan fingerprint density at radius 2 is 2.16 bits per heavy atom. The van der Waals surface area contributed by atoms with Crippen LogP contribution in [-0.4, -0.2) is 11.3 Å². The number of nitrogens with zero attached hydrogens (tertiary/aromatic N) is 2. The molecule has 0 aromatic heterocycles. The maximum Gasteiger partial charge on any atom is 0.279 e. The summed E-state index contributed by atoms with van der Waals surface area (Å²) >= 11 is 0. The fourth-order valence-corrected chi connectivity index (χ4v) is 2.27. The third-order valence-electron chi connectivity index (χ3n) is 3.13. The van der Waals surface area contributed by atoms with Crippen molar-refractivity contribution in [3.05, 3.63) is 62.8 Å². The van der Waals surface area contributed by atoms with Crippen molar-refractivity contribution in [2.75, 3.05) is 0 Å². The minimum Gasteiger partial charge on any atom is -0.258 e. The van der Waals surface area contributed by atoms with E-state index in [0.29, 0.717) is 21.8 Å². The largest absolute Gasteiger partial charge is 0.279 e. The maximum atomic E-state index is 12.7. The van der Waals surface area contributed by atoms with Crippen molar-refractivity contribution < 1.29 is 13.7 Å². The molecule has 1 aliphatic carbocycles. The minimum absolute atomic E-state index is 0.0557. The Labute approximate surface area is 106 Å². The van der Waals surface area contributed by atoms with Gasteiger partial charge in [0.15, 0.2) is 0 Å². The summed E-state index contributed by atoms with van der Waals surface area (Å²) in [6, 6.07) is 4.56. The molecule has 1 heterocycles. The van der Waals surface area contributed by atoms with Gasteiger partial charge in [-0.2, -0.15) is 0 Å². The second-order valence-electron chi connectivity index (χ2n) is 4.28. The molecule has 1 aromatic carbocycles. The molecule has 0 saturated heterocycles. The number of non-ortho nitro benzene ring substituents is 1. The van der Waals surface area contributed by atoms with Crippen molar-refractivity contribution in [3.8, 4) is 0 Å². The first-order valence-corrected chi connectivity index (χ1v) is 5.63. The average molecular weight is 262 g/mol. The molecule has 0 radical (unpaired) electrons. The number of allylic oxidation sites excluding steroid dienone is 3. The van der Waals surface area contributed by atoms with Crippen LogP contribution in [-0.2, 0) is 0 Å². The lowest BCUT2D eigenvalue weighted by Gasteiger charge is -2.12. The molecule has 0 N–H and O–H groups in total. The van der Waals surface area contributed by atoms with Gasteiger partial charge in [-0.05, 0) is 12.1 Å². The monoisotopic (exact) mass is 262 g/mol. The number of hydrogen-bond acceptors (Lipinski definition) is 3. The lowest BCUT2D eigenvalue weighted by Crippen LogP contribution is -2.25. The summed E-state index contributed by atoms with van der Waals surface area (Å²) in [4.78, 5) is 14.7. The van der Waals surface area contributed by atoms with E-state index < -0.39 is 17.3 Å². The highest BCUT2D eigenvalue weighted by Crippen LogP contribution is 2.28. The number of hydrogen-bond donors (Lipinski definition) is 0. The average Bonchev–Trinajstić information content (AvgIpc) is 2.75. The molecule has 2 aliphatic rings. The van der Waals surface area contributed by atoms with Crippen LogP contribution in [0.5, 0.6) is 0 Å². The Morgan fingerprint density at radius 3 is 2.84 bits per heavy atom. The Kier molecular flexibility index (Phi) is 2.51. The summed E-state index contributed by atoms with van der Waals surface area (Å²) in [6.45, 7) is 0. The van der Waals surface area contributed by atoms with Crippen molar-refractivity contribution in [1.82, 2.24) is 0 Å². The zero-order valence-electron chi connectivity index (χ0n) is 9.59. The molecule has 0 bridgehead atoms. The molecular formula is C13H8F2N2O2. The summed E-state index contributed by atoms with van der Waals surface area (Å²) in [7, 11) is 0. The van der Waals surface area contributed by atoms with Crippen LogP contribution in [0.15, 0.2) is 47.1 Å². The number of rotatable bonds is 2. The molecule has 1 aliphatic heterocycles. The van der Waals surface area contributed by atoms with E-state index in [9.17, 15) is 18.9 Å². The van der Waals surface area contributed by atoms with Gasteiger partial charge in [-0.1, -0.05) is 18.2 Å². The van der Waals surface area contributed by atoms with Crippen molar-refractivity contribution >= 4 is 11.3 Å². The van der Waals surface area contributed by atoms with E-state index in [4.69, 9.17) is 0 Å². The predicted octanol–water partition coefficient (Wildman–Crippen LogP) is 1.71. The molecule has 6 heteroatoms. The first-order valence-electron chi connectivity index (χ1n) is 5.63. The highest BCUT2D eigenvalue weighted by molar-refractivity contribution is 5.77. The predicted molar refractivity (Wildman–Crippen MR) is 64.0 cm³/mol. The molecule has 1 aromatic rings. The van der Waals surface area contributed by atoms with Gasteiger partial charge < -0.3 is 0 Å². The number of benzene rings is 1. The third kappa shape index (κ3) is 1.76. The Hall–Kier alpha value is -2.37. The summed E-state index contributed by atoms with van der Waals surface area (Å²) in [5.74, 6) is -0.990. The van der Waals surface area contributed by atoms with E-state index in [2.05, 4.69) is 4.99 Å². The second kappa shape index (κ2) is 4.08. The second-order valence-corrected chi connectivity index (χ2v) is 4.28. The number of nitro benzene ring substituents is 1. The number of nitro groups is 1. The van der Waals surface area contributed by atoms with Crippen LogP contribution in [0.25, 0.3) is 5.57 Å². The number of fused-ring (bicyclic) bond motifs is 2. The highest BCUT2D eigenvalue weighted by atomic mass is 19.3. The minimum atomic E-state index is -2.50. The van der Waals surface area contributed by atoms with E-state index in [0.717, 1.165) is 0 Å². The zero-order valence-corrected chi connectivity index (χ0v) is 9.59. The Morgan fingerprint density at radius 1 is 1.37 bits per heavy atom. The van der Waals surface area contributed by atoms with Crippen LogP contribution in [0.1, 0.15) is 0 Å². The highest BCUT2D eigenvalue weighted by Gasteiger charge is 2.25. The van der Waals surface area contributed by atoms with Gasteiger partial charge in [-0.3, -0.25) is 10.1 Å². The quantitative estimate of drug-likeness (QED) is 0.602. The molecule has 4 nitrogen and oxygen atoms in total. The van der Waals surface area contributed by atoms with Gasteiger partial charge >= 0.3 is 0 Å². The summed E-state index contributed by atoms with van der Waals surface area (Å²) in [5.41, 5.74) is 0.871. The SMILES string of the molecule is O=[N+]([O-])c1cccc2c1=C1C=CC(C(F)F)C=C1N=2. The van der Waals surface area contributed by atoms with E-state index in [1.54, 1.807) is 6.07 Å². The normalized spacial score (nSPS) is 19.8. The first kappa shape index (κ1) is 11.7. The van der Waals surface area contributed by atoms with E-state index in [1.165, 1.54) is 30.4 Å². The van der Waals surface area contributed by atoms with E-state index in [-0.39, 0.29) is 5.69 Å². The standard InChI is InChI=1S/C13H8F2N2O2/c14-13(15)7-4-5-8-10(6-7)16-9-2-1-3-11(12(8)9)17(18)19/h1-7,13H. The summed E-state index contributed by atoms with van der Waals surface area (Å²) in [6.07, 6.45) is 1.70. The van der Waals surface area contributed by atoms with Gasteiger partial charge in [-0.15, -0.1) is 0 Å². The first-order chi connectivity index (χ1) is 9.08. The van der Waals surface area contributed by atoms with Gasteiger partial charge in [0.25, 0.3) is 5.69 Å². The molecule has 0 amide bonds. The van der Waals surface area contributed by atoms with Crippen LogP contribution in [0.2, 0.25) is 0 Å². The smallest absolute Gasteiger partial charge is 0.258 e. The number of halogens is 2. The molecule has 1 atom stereocenters. The van der Waals surface area contributed by atoms with Gasteiger partial charge in [0.1, 0.15) is 0 Å². The van der Waals surface area contributed by atoms with Crippen LogP contribution in [0, 0.1) is 16.0 Å². The van der Waals surface area contributed by atoms with Gasteiger partial charge in [0.2, 0.25) is 6.43 Å². The van der Waals surface area contributed by atoms with Gasteiger partial charge in [0.05, 0.1) is 27.1 Å². The molecular weight excluding hydrogens is 254 g/mol. The van der Waals surface area contributed by atoms with Gasteiger partial charge in [-0.25, -0.2) is 13.8 Å². The van der Waals surface area contributed by atoms with Crippen molar-refractivity contribution in [2.45, 2.75) is 6.43 Å². The summed E-state index contributed by atoms with van der Waals surface area (Å²) < 4.78 is 25.3. The third-order valence-corrected chi connectivity index (χ3v) is 3.13. The molecule has 19 heavy (non-hydrogen) atoms. The van der Waals surface area contributed by atoms with Crippen LogP contribution >= 0.6 is 0 Å². The van der Waals surface area contributed by atoms with E-state index >= 15 is 0 Å². The zero-order chi connectivity index (χ0) is 13.6. The van der Waals surface area contributed by atoms with Crippen LogP contribution in [0.3, 0.4) is 0 Å². The number of alkyl halides is 2. The molecule has 3 rings (SSSR count). The lowest BCUT2D eigenvalue weighted by atomic mass is 9.97. The van der Waals surface area contributed by atoms with Crippen molar-refractivity contribution in [3.63, 3.8) is 0 Å². The van der Waals surface area contributed by atoms with Crippen molar-refractivity contribution in [2.24, 2.45) is 10.9 Å².